The highest BCUT2D eigenvalue weighted by molar-refractivity contribution is 6.42. The highest BCUT2D eigenvalue weighted by atomic mass is 35.5. The van der Waals surface area contributed by atoms with Gasteiger partial charge in [-0.2, -0.15) is 0 Å². The summed E-state index contributed by atoms with van der Waals surface area (Å²) in [6, 6.07) is 8.70. The van der Waals surface area contributed by atoms with Crippen LogP contribution in [0.3, 0.4) is 0 Å². The van der Waals surface area contributed by atoms with Gasteiger partial charge in [0.05, 0.1) is 16.2 Å². The van der Waals surface area contributed by atoms with E-state index in [4.69, 9.17) is 27.9 Å². The topological polar surface area (TPSA) is 42.4 Å². The monoisotopic (exact) mass is 350 g/mol. The average Bonchev–Trinajstić information content (AvgIpc) is 2.58. The van der Waals surface area contributed by atoms with E-state index in [2.05, 4.69) is 4.98 Å². The van der Waals surface area contributed by atoms with E-state index in [0.717, 1.165) is 18.6 Å². The first-order chi connectivity index (χ1) is 11.1. The third-order valence-corrected chi connectivity index (χ3v) is 4.57. The van der Waals surface area contributed by atoms with Gasteiger partial charge in [0, 0.05) is 37.7 Å². The zero-order valence-corrected chi connectivity index (χ0v) is 13.9. The number of nitrogens with zero attached hydrogens (tertiary/aromatic N) is 2. The molecule has 0 bridgehead atoms. The predicted molar refractivity (Wildman–Crippen MR) is 90.3 cm³/mol. The van der Waals surface area contributed by atoms with Crippen molar-refractivity contribution in [1.29, 1.82) is 0 Å². The molecule has 0 unspecified atom stereocenters. The van der Waals surface area contributed by atoms with Gasteiger partial charge in [0.1, 0.15) is 11.9 Å². The third-order valence-electron chi connectivity index (χ3n) is 3.83. The molecule has 1 aliphatic heterocycles. The minimum absolute atomic E-state index is 0.0246. The molecular weight excluding hydrogens is 335 g/mol. The molecule has 4 nitrogen and oxygen atoms in total. The maximum absolute atomic E-state index is 12.5. The van der Waals surface area contributed by atoms with Crippen molar-refractivity contribution in [2.24, 2.45) is 0 Å². The minimum atomic E-state index is -0.0246. The van der Waals surface area contributed by atoms with Crippen molar-refractivity contribution in [3.63, 3.8) is 0 Å². The Bertz CT molecular complexity index is 686. The number of halogens is 2. The number of likely N-dealkylation sites (tertiary alicyclic amines) is 1. The molecule has 0 saturated carbocycles. The Balaban J connectivity index is 1.58. The summed E-state index contributed by atoms with van der Waals surface area (Å²) >= 11 is 11.9. The summed E-state index contributed by atoms with van der Waals surface area (Å²) < 4.78 is 5.88. The van der Waals surface area contributed by atoms with Crippen LogP contribution in [0.5, 0.6) is 5.75 Å². The fourth-order valence-corrected chi connectivity index (χ4v) is 2.90. The summed E-state index contributed by atoms with van der Waals surface area (Å²) in [4.78, 5) is 18.4. The van der Waals surface area contributed by atoms with Gasteiger partial charge in [0.2, 0.25) is 0 Å². The third kappa shape index (κ3) is 3.95. The lowest BCUT2D eigenvalue weighted by atomic mass is 10.1. The van der Waals surface area contributed by atoms with Crippen molar-refractivity contribution in [3.05, 3.63) is 58.3 Å². The van der Waals surface area contributed by atoms with Crippen LogP contribution >= 0.6 is 23.2 Å². The number of rotatable bonds is 3. The average molecular weight is 351 g/mol. The summed E-state index contributed by atoms with van der Waals surface area (Å²) in [5, 5.41) is 0.846. The number of aromatic nitrogens is 1. The standard InChI is InChI=1S/C17H16Cl2N2O2/c18-15-4-3-12(10-16(15)19)17(22)21-8-5-13(6-9-21)23-14-2-1-7-20-11-14/h1-4,7,10-11,13H,5-6,8-9H2. The van der Waals surface area contributed by atoms with E-state index < -0.39 is 0 Å². The summed E-state index contributed by atoms with van der Waals surface area (Å²) in [5.41, 5.74) is 0.561. The molecule has 2 aromatic rings. The van der Waals surface area contributed by atoms with E-state index in [9.17, 15) is 4.79 Å². The van der Waals surface area contributed by atoms with Gasteiger partial charge in [-0.15, -0.1) is 0 Å². The van der Waals surface area contributed by atoms with E-state index >= 15 is 0 Å². The number of ether oxygens (including phenoxy) is 1. The van der Waals surface area contributed by atoms with Gasteiger partial charge in [0.15, 0.2) is 0 Å². The van der Waals surface area contributed by atoms with Crippen LogP contribution in [-0.2, 0) is 0 Å². The van der Waals surface area contributed by atoms with Crippen molar-refractivity contribution < 1.29 is 9.53 Å². The molecule has 3 rings (SSSR count). The first-order valence-electron chi connectivity index (χ1n) is 7.44. The number of piperidine rings is 1. The van der Waals surface area contributed by atoms with E-state index in [-0.39, 0.29) is 12.0 Å². The molecular formula is C17H16Cl2N2O2. The van der Waals surface area contributed by atoms with Crippen LogP contribution < -0.4 is 4.74 Å². The Kier molecular flexibility index (Phi) is 5.03. The second kappa shape index (κ2) is 7.20. The molecule has 0 N–H and O–H groups in total. The fraction of sp³-hybridized carbons (Fsp3) is 0.294. The minimum Gasteiger partial charge on any atom is -0.489 e. The van der Waals surface area contributed by atoms with Crippen LogP contribution in [-0.4, -0.2) is 35.0 Å². The van der Waals surface area contributed by atoms with Crippen LogP contribution in [0.1, 0.15) is 23.2 Å². The van der Waals surface area contributed by atoms with E-state index in [0.29, 0.717) is 28.7 Å². The van der Waals surface area contributed by atoms with E-state index in [1.165, 1.54) is 0 Å². The van der Waals surface area contributed by atoms with Crippen molar-refractivity contribution in [2.75, 3.05) is 13.1 Å². The van der Waals surface area contributed by atoms with Crippen LogP contribution in [0.2, 0.25) is 10.0 Å². The van der Waals surface area contributed by atoms with Gasteiger partial charge in [-0.3, -0.25) is 9.78 Å². The molecule has 0 radical (unpaired) electrons. The maximum atomic E-state index is 12.5. The molecule has 1 aliphatic rings. The SMILES string of the molecule is O=C(c1ccc(Cl)c(Cl)c1)N1CCC(Oc2cccnc2)CC1. The lowest BCUT2D eigenvalue weighted by Crippen LogP contribution is -2.41. The Morgan fingerprint density at radius 2 is 1.96 bits per heavy atom. The normalized spacial score (nSPS) is 15.5. The summed E-state index contributed by atoms with van der Waals surface area (Å²) in [5.74, 6) is 0.741. The van der Waals surface area contributed by atoms with Crippen LogP contribution in [0.25, 0.3) is 0 Å². The van der Waals surface area contributed by atoms with Crippen molar-refractivity contribution in [3.8, 4) is 5.75 Å². The van der Waals surface area contributed by atoms with Gasteiger partial charge in [-0.1, -0.05) is 23.2 Å². The highest BCUT2D eigenvalue weighted by Gasteiger charge is 2.25. The smallest absolute Gasteiger partial charge is 0.253 e. The molecule has 1 fully saturated rings. The molecule has 0 aliphatic carbocycles. The van der Waals surface area contributed by atoms with Crippen molar-refractivity contribution in [1.82, 2.24) is 9.88 Å². The second-order valence-electron chi connectivity index (χ2n) is 5.43. The first-order valence-corrected chi connectivity index (χ1v) is 8.20. The van der Waals surface area contributed by atoms with Crippen LogP contribution in [0.15, 0.2) is 42.7 Å². The number of pyridine rings is 1. The number of benzene rings is 1. The highest BCUT2D eigenvalue weighted by Crippen LogP contribution is 2.24. The van der Waals surface area contributed by atoms with Crippen LogP contribution in [0.4, 0.5) is 0 Å². The fourth-order valence-electron chi connectivity index (χ4n) is 2.60. The Morgan fingerprint density at radius 1 is 1.17 bits per heavy atom. The molecule has 120 valence electrons. The van der Waals surface area contributed by atoms with Crippen LogP contribution in [0, 0.1) is 0 Å². The van der Waals surface area contributed by atoms with E-state index in [1.807, 2.05) is 17.0 Å². The molecule has 2 heterocycles. The number of amides is 1. The summed E-state index contributed by atoms with van der Waals surface area (Å²) in [7, 11) is 0. The molecule has 0 atom stereocenters. The lowest BCUT2D eigenvalue weighted by Gasteiger charge is -2.32. The molecule has 23 heavy (non-hydrogen) atoms. The molecule has 0 spiro atoms. The molecule has 1 aromatic heterocycles. The number of hydrogen-bond acceptors (Lipinski definition) is 3. The lowest BCUT2D eigenvalue weighted by molar-refractivity contribution is 0.0595. The zero-order valence-electron chi connectivity index (χ0n) is 12.4. The molecule has 1 aromatic carbocycles. The van der Waals surface area contributed by atoms with Gasteiger partial charge < -0.3 is 9.64 Å². The largest absolute Gasteiger partial charge is 0.489 e. The molecule has 1 amide bonds. The quantitative estimate of drug-likeness (QED) is 0.837. The number of hydrogen-bond donors (Lipinski definition) is 0. The number of carbonyl (C=O) groups excluding carboxylic acids is 1. The second-order valence-corrected chi connectivity index (χ2v) is 6.24. The predicted octanol–water partition coefficient (Wildman–Crippen LogP) is 4.07. The number of carbonyl (C=O) groups is 1. The first kappa shape index (κ1) is 16.1. The maximum Gasteiger partial charge on any atom is 0.253 e. The Labute approximate surface area is 145 Å². The van der Waals surface area contributed by atoms with Gasteiger partial charge in [-0.25, -0.2) is 0 Å². The van der Waals surface area contributed by atoms with Crippen molar-refractivity contribution >= 4 is 29.1 Å². The summed E-state index contributed by atoms with van der Waals surface area (Å²) in [6.45, 7) is 1.31. The van der Waals surface area contributed by atoms with E-state index in [1.54, 1.807) is 30.6 Å². The van der Waals surface area contributed by atoms with Gasteiger partial charge in [0.25, 0.3) is 5.91 Å². The van der Waals surface area contributed by atoms with Gasteiger partial charge in [-0.05, 0) is 30.3 Å². The van der Waals surface area contributed by atoms with Crippen molar-refractivity contribution in [2.45, 2.75) is 18.9 Å². The Morgan fingerprint density at radius 3 is 2.61 bits per heavy atom. The summed E-state index contributed by atoms with van der Waals surface area (Å²) in [6.07, 6.45) is 5.11. The molecule has 6 heteroatoms. The van der Waals surface area contributed by atoms with Gasteiger partial charge >= 0.3 is 0 Å². The Hall–Kier alpha value is -1.78. The zero-order chi connectivity index (χ0) is 16.2. The molecule has 1 saturated heterocycles.